The van der Waals surface area contributed by atoms with Gasteiger partial charge >= 0.3 is 15.6 Å². The zero-order valence-corrected chi connectivity index (χ0v) is 13.4. The molecule has 0 amide bonds. The Morgan fingerprint density at radius 1 is 0.667 bits per heavy atom. The quantitative estimate of drug-likeness (QED) is 0.690. The number of hydrogen-bond acceptors (Lipinski definition) is 8. The molecule has 0 aliphatic carbocycles. The fourth-order valence-corrected chi connectivity index (χ4v) is 5.49. The molecule has 4 aliphatic heterocycles. The molecule has 0 saturated carbocycles. The molecular weight excluding hydrogens is 358 g/mol. The number of phosphoric acid groups is 2. The minimum atomic E-state index is -3.85. The van der Waals surface area contributed by atoms with Crippen molar-refractivity contribution in [1.82, 2.24) is 0 Å². The fraction of sp³-hybridized carbons (Fsp3) is 0. The van der Waals surface area contributed by atoms with Crippen LogP contribution in [0.5, 0.6) is 28.7 Å². The summed E-state index contributed by atoms with van der Waals surface area (Å²) < 4.78 is 56.6. The second kappa shape index (κ2) is 3.74. The van der Waals surface area contributed by atoms with Gasteiger partial charge in [0, 0.05) is 0 Å². The van der Waals surface area contributed by atoms with Gasteiger partial charge in [0.2, 0.25) is 17.2 Å². The number of rotatable bonds is 1. The van der Waals surface area contributed by atoms with Gasteiger partial charge in [-0.15, -0.1) is 0 Å². The standard InChI is InChI=1S/C14H6O8P2/c15-23-17-8(6-7-4-2-1-3-5-7)9-10(18-23)12(20-23)14-13-11(9)19-24(16,21-13)22-14/h1-6H/b8-6+. The van der Waals surface area contributed by atoms with Crippen molar-refractivity contribution in [2.24, 2.45) is 0 Å². The van der Waals surface area contributed by atoms with Crippen LogP contribution in [0.15, 0.2) is 30.3 Å². The third-order valence-electron chi connectivity index (χ3n) is 3.85. The van der Waals surface area contributed by atoms with Gasteiger partial charge < -0.3 is 27.1 Å². The van der Waals surface area contributed by atoms with E-state index in [4.69, 9.17) is 27.1 Å². The molecule has 0 N–H and O–H groups in total. The molecule has 2 atom stereocenters. The van der Waals surface area contributed by atoms with E-state index in [1.165, 1.54) is 0 Å². The predicted molar refractivity (Wildman–Crippen MR) is 80.2 cm³/mol. The van der Waals surface area contributed by atoms with Crippen molar-refractivity contribution in [2.75, 3.05) is 0 Å². The summed E-state index contributed by atoms with van der Waals surface area (Å²) in [5.41, 5.74) is 1.15. The topological polar surface area (TPSA) is 89.5 Å². The molecule has 0 radical (unpaired) electrons. The van der Waals surface area contributed by atoms with Crippen molar-refractivity contribution >= 4 is 27.5 Å². The summed E-state index contributed by atoms with van der Waals surface area (Å²) in [6, 6.07) is 9.28. The SMILES string of the molecule is O=P12O/C(=C/c3ccccc3)c3c(c(c4c5c3OP(=O)(O4)O5)O1)O2. The molecule has 4 aliphatic rings. The van der Waals surface area contributed by atoms with E-state index >= 15 is 0 Å². The van der Waals surface area contributed by atoms with Gasteiger partial charge in [0.1, 0.15) is 11.3 Å². The second-order valence-corrected chi connectivity index (χ2v) is 8.27. The van der Waals surface area contributed by atoms with E-state index in [1.54, 1.807) is 6.08 Å². The van der Waals surface area contributed by atoms with Gasteiger partial charge in [-0.25, -0.2) is 0 Å². The predicted octanol–water partition coefficient (Wildman–Crippen LogP) is 4.37. The molecule has 24 heavy (non-hydrogen) atoms. The Morgan fingerprint density at radius 2 is 1.17 bits per heavy atom. The van der Waals surface area contributed by atoms with Crippen LogP contribution >= 0.6 is 15.6 Å². The lowest BCUT2D eigenvalue weighted by molar-refractivity contribution is 0.306. The van der Waals surface area contributed by atoms with Gasteiger partial charge in [0.25, 0.3) is 0 Å². The largest absolute Gasteiger partial charge is 0.647 e. The van der Waals surface area contributed by atoms with Gasteiger partial charge in [0.05, 0.1) is 0 Å². The lowest BCUT2D eigenvalue weighted by atomic mass is 10.1. The van der Waals surface area contributed by atoms with Gasteiger partial charge in [-0.3, -0.25) is 0 Å². The lowest BCUT2D eigenvalue weighted by Crippen LogP contribution is -2.05. The van der Waals surface area contributed by atoms with E-state index in [0.717, 1.165) is 5.56 Å². The van der Waals surface area contributed by atoms with Crippen LogP contribution in [0.2, 0.25) is 0 Å². The van der Waals surface area contributed by atoms with Crippen molar-refractivity contribution in [3.63, 3.8) is 0 Å². The number of fused-ring (bicyclic) bond motifs is 4. The van der Waals surface area contributed by atoms with Crippen LogP contribution < -0.4 is 22.6 Å². The summed E-state index contributed by atoms with van der Waals surface area (Å²) in [7, 11) is -7.60. The molecule has 120 valence electrons. The highest BCUT2D eigenvalue weighted by Gasteiger charge is 2.61. The van der Waals surface area contributed by atoms with E-state index in [9.17, 15) is 9.13 Å². The van der Waals surface area contributed by atoms with Crippen molar-refractivity contribution in [3.05, 3.63) is 41.5 Å². The summed E-state index contributed by atoms with van der Waals surface area (Å²) in [6.07, 6.45) is 1.67. The van der Waals surface area contributed by atoms with Crippen molar-refractivity contribution in [2.45, 2.75) is 0 Å². The third-order valence-corrected chi connectivity index (χ3v) is 6.30. The van der Waals surface area contributed by atoms with E-state index in [2.05, 4.69) is 0 Å². The molecule has 4 heterocycles. The highest BCUT2D eigenvalue weighted by atomic mass is 31.2. The average molecular weight is 364 g/mol. The third kappa shape index (κ3) is 1.45. The van der Waals surface area contributed by atoms with E-state index < -0.39 is 15.6 Å². The first-order chi connectivity index (χ1) is 11.5. The molecular formula is C14H6O8P2. The van der Waals surface area contributed by atoms with E-state index in [1.807, 2.05) is 30.3 Å². The highest BCUT2D eigenvalue weighted by Crippen LogP contribution is 2.80. The molecule has 10 heteroatoms. The molecule has 8 nitrogen and oxygen atoms in total. The molecule has 0 fully saturated rings. The van der Waals surface area contributed by atoms with Crippen molar-refractivity contribution in [3.8, 4) is 28.7 Å². The van der Waals surface area contributed by atoms with Crippen molar-refractivity contribution in [1.29, 1.82) is 0 Å². The Morgan fingerprint density at radius 3 is 1.79 bits per heavy atom. The summed E-state index contributed by atoms with van der Waals surface area (Å²) >= 11 is 0. The van der Waals surface area contributed by atoms with Crippen LogP contribution in [0.25, 0.3) is 11.8 Å². The van der Waals surface area contributed by atoms with Gasteiger partial charge in [0.15, 0.2) is 11.5 Å². The molecule has 0 spiro atoms. The Kier molecular flexibility index (Phi) is 2.00. The molecule has 0 saturated heterocycles. The maximum absolute atomic E-state index is 12.6. The zero-order chi connectivity index (χ0) is 16.1. The minimum Gasteiger partial charge on any atom is -0.385 e. The maximum Gasteiger partial charge on any atom is 0.647 e. The van der Waals surface area contributed by atoms with Gasteiger partial charge in [-0.2, -0.15) is 9.13 Å². The number of phosphoric ester groups is 2. The van der Waals surface area contributed by atoms with Gasteiger partial charge in [-0.05, 0) is 11.6 Å². The molecule has 6 rings (SSSR count). The first-order valence-corrected chi connectivity index (χ1v) is 9.84. The fourth-order valence-electron chi connectivity index (χ4n) is 2.92. The lowest BCUT2D eigenvalue weighted by Gasteiger charge is -2.20. The molecule has 4 bridgehead atoms. The summed E-state index contributed by atoms with van der Waals surface area (Å²) in [6.45, 7) is 0. The second-order valence-electron chi connectivity index (χ2n) is 5.38. The normalized spacial score (nSPS) is 30.8. The van der Waals surface area contributed by atoms with E-state index in [0.29, 0.717) is 5.56 Å². The molecule has 2 aromatic carbocycles. The molecule has 2 aromatic rings. The molecule has 2 unspecified atom stereocenters. The highest BCUT2D eigenvalue weighted by molar-refractivity contribution is 7.51. The monoisotopic (exact) mass is 364 g/mol. The van der Waals surface area contributed by atoms with Crippen molar-refractivity contribution < 1.29 is 36.3 Å². The van der Waals surface area contributed by atoms with Crippen LogP contribution in [-0.2, 0) is 13.7 Å². The average Bonchev–Trinajstić information content (AvgIpc) is 3.14. The number of hydrogen-bond donors (Lipinski definition) is 0. The summed E-state index contributed by atoms with van der Waals surface area (Å²) in [5, 5.41) is 0. The van der Waals surface area contributed by atoms with Gasteiger partial charge in [-0.1, -0.05) is 30.3 Å². The first kappa shape index (κ1) is 12.8. The van der Waals surface area contributed by atoms with E-state index in [-0.39, 0.29) is 34.5 Å². The Labute approximate surface area is 134 Å². The summed E-state index contributed by atoms with van der Waals surface area (Å²) in [4.78, 5) is 0. The van der Waals surface area contributed by atoms with Crippen LogP contribution in [-0.4, -0.2) is 0 Å². The molecule has 0 aromatic heterocycles. The first-order valence-electron chi connectivity index (χ1n) is 6.92. The van der Waals surface area contributed by atoms with Crippen LogP contribution in [0.4, 0.5) is 0 Å². The van der Waals surface area contributed by atoms with Crippen LogP contribution in [0, 0.1) is 0 Å². The minimum absolute atomic E-state index is 0.0598. The van der Waals surface area contributed by atoms with Crippen LogP contribution in [0.1, 0.15) is 11.1 Å². The van der Waals surface area contributed by atoms with Crippen LogP contribution in [0.3, 0.4) is 0 Å². The smallest absolute Gasteiger partial charge is 0.385 e. The Balaban J connectivity index is 1.67. The maximum atomic E-state index is 12.6. The zero-order valence-electron chi connectivity index (χ0n) is 11.6. The number of benzene rings is 2. The Bertz CT molecular complexity index is 1070. The Hall–Kier alpha value is -2.56. The summed E-state index contributed by atoms with van der Waals surface area (Å²) in [5.74, 6) is 0.861.